The SMILES string of the molecule is C=C(O/C(=C\C)C(=O)NC1CCCN(Cc2ccccc2)C1)c1ccccc1. The number of allylic oxidation sites excluding steroid dienone is 1. The molecule has 4 nitrogen and oxygen atoms in total. The average molecular weight is 377 g/mol. The van der Waals surface area contributed by atoms with Crippen LogP contribution in [-0.2, 0) is 16.1 Å². The van der Waals surface area contributed by atoms with Crippen molar-refractivity contribution in [1.29, 1.82) is 0 Å². The average Bonchev–Trinajstić information content (AvgIpc) is 2.73. The third kappa shape index (κ3) is 5.57. The lowest BCUT2D eigenvalue weighted by Gasteiger charge is -2.33. The fourth-order valence-electron chi connectivity index (χ4n) is 3.47. The van der Waals surface area contributed by atoms with Crippen LogP contribution < -0.4 is 5.32 Å². The Hall–Kier alpha value is -2.85. The van der Waals surface area contributed by atoms with Crippen molar-refractivity contribution in [3.05, 3.63) is 90.2 Å². The van der Waals surface area contributed by atoms with Crippen LogP contribution in [0, 0.1) is 0 Å². The quantitative estimate of drug-likeness (QED) is 0.577. The molecule has 146 valence electrons. The molecule has 4 heteroatoms. The van der Waals surface area contributed by atoms with Gasteiger partial charge in [0.1, 0.15) is 5.76 Å². The number of carbonyl (C=O) groups excluding carboxylic acids is 1. The zero-order chi connectivity index (χ0) is 19.8. The fourth-order valence-corrected chi connectivity index (χ4v) is 3.47. The van der Waals surface area contributed by atoms with E-state index in [4.69, 9.17) is 4.74 Å². The summed E-state index contributed by atoms with van der Waals surface area (Å²) in [6, 6.07) is 20.2. The number of nitrogens with one attached hydrogen (secondary N) is 1. The van der Waals surface area contributed by atoms with Gasteiger partial charge in [-0.3, -0.25) is 9.69 Å². The van der Waals surface area contributed by atoms with E-state index in [1.165, 1.54) is 5.56 Å². The van der Waals surface area contributed by atoms with Crippen LogP contribution in [0.3, 0.4) is 0 Å². The Kier molecular flexibility index (Phi) is 7.04. The van der Waals surface area contributed by atoms with Crippen LogP contribution >= 0.6 is 0 Å². The molecule has 1 N–H and O–H groups in total. The molecular formula is C24H28N2O2. The summed E-state index contributed by atoms with van der Waals surface area (Å²) >= 11 is 0. The van der Waals surface area contributed by atoms with Crippen molar-refractivity contribution >= 4 is 11.7 Å². The first-order chi connectivity index (χ1) is 13.7. The van der Waals surface area contributed by atoms with Crippen LogP contribution in [0.15, 0.2) is 79.1 Å². The minimum Gasteiger partial charge on any atom is -0.452 e. The topological polar surface area (TPSA) is 41.6 Å². The van der Waals surface area contributed by atoms with Gasteiger partial charge in [-0.15, -0.1) is 0 Å². The second-order valence-electron chi connectivity index (χ2n) is 7.08. The predicted molar refractivity (Wildman–Crippen MR) is 113 cm³/mol. The molecule has 1 aliphatic heterocycles. The molecule has 1 fully saturated rings. The van der Waals surface area contributed by atoms with Crippen molar-refractivity contribution in [3.8, 4) is 0 Å². The molecule has 0 bridgehead atoms. The number of carbonyl (C=O) groups is 1. The maximum absolute atomic E-state index is 12.7. The molecule has 1 aliphatic rings. The number of nitrogens with zero attached hydrogens (tertiary/aromatic N) is 1. The standard InChI is InChI=1S/C24H28N2O2/c1-3-23(28-19(2)21-13-8-5-9-14-21)24(27)25-22-15-10-16-26(18-22)17-20-11-6-4-7-12-20/h3-9,11-14,22H,2,10,15-18H2,1H3,(H,25,27)/b23-3-. The first-order valence-electron chi connectivity index (χ1n) is 9.81. The summed E-state index contributed by atoms with van der Waals surface area (Å²) in [5.74, 6) is 0.568. The molecule has 1 atom stereocenters. The molecule has 0 saturated carbocycles. The van der Waals surface area contributed by atoms with Crippen molar-refractivity contribution in [2.75, 3.05) is 13.1 Å². The van der Waals surface area contributed by atoms with Gasteiger partial charge in [-0.05, 0) is 37.9 Å². The van der Waals surface area contributed by atoms with Crippen LogP contribution in [0.5, 0.6) is 0 Å². The Morgan fingerprint density at radius 1 is 1.18 bits per heavy atom. The zero-order valence-corrected chi connectivity index (χ0v) is 16.4. The van der Waals surface area contributed by atoms with Crippen molar-refractivity contribution in [2.24, 2.45) is 0 Å². The van der Waals surface area contributed by atoms with Gasteiger partial charge in [0.05, 0.1) is 0 Å². The minimum absolute atomic E-state index is 0.119. The van der Waals surface area contributed by atoms with Crippen LogP contribution in [0.25, 0.3) is 5.76 Å². The minimum atomic E-state index is -0.189. The molecule has 1 saturated heterocycles. The van der Waals surface area contributed by atoms with Gasteiger partial charge in [-0.25, -0.2) is 0 Å². The molecule has 0 aromatic heterocycles. The highest BCUT2D eigenvalue weighted by molar-refractivity contribution is 5.92. The number of rotatable bonds is 7. The monoisotopic (exact) mass is 376 g/mol. The summed E-state index contributed by atoms with van der Waals surface area (Å²) in [4.78, 5) is 15.1. The summed E-state index contributed by atoms with van der Waals surface area (Å²) in [7, 11) is 0. The second kappa shape index (κ2) is 9.90. The lowest BCUT2D eigenvalue weighted by Crippen LogP contribution is -2.47. The first kappa shape index (κ1) is 19.9. The van der Waals surface area contributed by atoms with Gasteiger partial charge < -0.3 is 10.1 Å². The number of piperidine rings is 1. The lowest BCUT2D eigenvalue weighted by atomic mass is 10.0. The summed E-state index contributed by atoms with van der Waals surface area (Å²) in [6.07, 6.45) is 3.74. The van der Waals surface area contributed by atoms with Crippen molar-refractivity contribution in [3.63, 3.8) is 0 Å². The third-order valence-electron chi connectivity index (χ3n) is 4.90. The normalized spacial score (nSPS) is 17.8. The maximum atomic E-state index is 12.7. The molecule has 3 rings (SSSR count). The molecule has 0 spiro atoms. The predicted octanol–water partition coefficient (Wildman–Crippen LogP) is 4.36. The number of benzene rings is 2. The number of hydrogen-bond donors (Lipinski definition) is 1. The number of ether oxygens (including phenoxy) is 1. The Bertz CT molecular complexity index is 815. The molecule has 0 radical (unpaired) electrons. The van der Waals surface area contributed by atoms with E-state index >= 15 is 0 Å². The highest BCUT2D eigenvalue weighted by Crippen LogP contribution is 2.18. The van der Waals surface area contributed by atoms with E-state index in [-0.39, 0.29) is 17.7 Å². The molecule has 28 heavy (non-hydrogen) atoms. The van der Waals surface area contributed by atoms with Gasteiger partial charge >= 0.3 is 0 Å². The Morgan fingerprint density at radius 3 is 2.54 bits per heavy atom. The van der Waals surface area contributed by atoms with E-state index in [1.54, 1.807) is 13.0 Å². The maximum Gasteiger partial charge on any atom is 0.286 e. The van der Waals surface area contributed by atoms with Crippen LogP contribution in [0.1, 0.15) is 30.9 Å². The zero-order valence-electron chi connectivity index (χ0n) is 16.4. The van der Waals surface area contributed by atoms with E-state index < -0.39 is 0 Å². The van der Waals surface area contributed by atoms with Gasteiger partial charge in [0, 0.05) is 24.7 Å². The van der Waals surface area contributed by atoms with E-state index in [0.717, 1.165) is 38.0 Å². The van der Waals surface area contributed by atoms with E-state index in [2.05, 4.69) is 41.1 Å². The molecule has 2 aromatic carbocycles. The van der Waals surface area contributed by atoms with Crippen LogP contribution in [0.2, 0.25) is 0 Å². The number of amides is 1. The van der Waals surface area contributed by atoms with Gasteiger partial charge in [-0.1, -0.05) is 67.2 Å². The van der Waals surface area contributed by atoms with Crippen molar-refractivity contribution in [1.82, 2.24) is 10.2 Å². The highest BCUT2D eigenvalue weighted by Gasteiger charge is 2.23. The van der Waals surface area contributed by atoms with Gasteiger partial charge in [0.2, 0.25) is 0 Å². The molecule has 1 amide bonds. The van der Waals surface area contributed by atoms with Crippen molar-refractivity contribution in [2.45, 2.75) is 32.4 Å². The molecule has 1 heterocycles. The fraction of sp³-hybridized carbons (Fsp3) is 0.292. The van der Waals surface area contributed by atoms with Gasteiger partial charge in [0.25, 0.3) is 5.91 Å². The Labute approximate surface area is 167 Å². The Morgan fingerprint density at radius 2 is 1.86 bits per heavy atom. The second-order valence-corrected chi connectivity index (χ2v) is 7.08. The number of likely N-dealkylation sites (tertiary alicyclic amines) is 1. The largest absolute Gasteiger partial charge is 0.452 e. The summed E-state index contributed by atoms with van der Waals surface area (Å²) < 4.78 is 5.75. The molecule has 0 aliphatic carbocycles. The lowest BCUT2D eigenvalue weighted by molar-refractivity contribution is -0.120. The highest BCUT2D eigenvalue weighted by atomic mass is 16.5. The molecule has 2 aromatic rings. The van der Waals surface area contributed by atoms with E-state index in [0.29, 0.717) is 5.76 Å². The third-order valence-corrected chi connectivity index (χ3v) is 4.90. The van der Waals surface area contributed by atoms with E-state index in [1.807, 2.05) is 36.4 Å². The summed E-state index contributed by atoms with van der Waals surface area (Å²) in [5.41, 5.74) is 2.16. The molecular weight excluding hydrogens is 348 g/mol. The first-order valence-corrected chi connectivity index (χ1v) is 9.81. The summed E-state index contributed by atoms with van der Waals surface area (Å²) in [5, 5.41) is 3.13. The van der Waals surface area contributed by atoms with Gasteiger partial charge in [-0.2, -0.15) is 0 Å². The smallest absolute Gasteiger partial charge is 0.286 e. The van der Waals surface area contributed by atoms with Crippen LogP contribution in [-0.4, -0.2) is 29.9 Å². The van der Waals surface area contributed by atoms with Crippen molar-refractivity contribution < 1.29 is 9.53 Å². The summed E-state index contributed by atoms with van der Waals surface area (Å²) in [6.45, 7) is 8.56. The van der Waals surface area contributed by atoms with Crippen LogP contribution in [0.4, 0.5) is 0 Å². The number of hydrogen-bond acceptors (Lipinski definition) is 3. The molecule has 1 unspecified atom stereocenters. The Balaban J connectivity index is 1.54. The van der Waals surface area contributed by atoms with E-state index in [9.17, 15) is 4.79 Å². The van der Waals surface area contributed by atoms with Gasteiger partial charge in [0.15, 0.2) is 5.76 Å².